The van der Waals surface area contributed by atoms with Crippen LogP contribution in [0.1, 0.15) is 162 Å². The van der Waals surface area contributed by atoms with Crippen LogP contribution in [-0.2, 0) is 33.2 Å². The molecule has 11 atom stereocenters. The summed E-state index contributed by atoms with van der Waals surface area (Å²) in [5.41, 5.74) is 0. The summed E-state index contributed by atoms with van der Waals surface area (Å²) in [6, 6.07) is 0. The van der Waals surface area contributed by atoms with E-state index in [0.717, 1.165) is 116 Å². The maximum atomic E-state index is 13.0. The molecule has 11 unspecified atom stereocenters. The molecule has 0 aromatic heterocycles. The fourth-order valence-corrected chi connectivity index (χ4v) is 7.90. The van der Waals surface area contributed by atoms with E-state index in [0.29, 0.717) is 13.0 Å². The molecule has 2 fully saturated rings. The Bertz CT molecular complexity index is 1550. The number of hydrogen-bond acceptors (Lipinski definition) is 14. The topological polar surface area (TPSA) is 214 Å². The van der Waals surface area contributed by atoms with Gasteiger partial charge in [0.2, 0.25) is 0 Å². The summed E-state index contributed by atoms with van der Waals surface area (Å²) in [4.78, 5) is 13.0. The van der Waals surface area contributed by atoms with E-state index < -0.39 is 86.7 Å². The number of carbonyl (C=O) groups excluding carboxylic acids is 1. The molecule has 0 aromatic carbocycles. The van der Waals surface area contributed by atoms with Crippen molar-refractivity contribution >= 4 is 5.97 Å². The van der Waals surface area contributed by atoms with Crippen LogP contribution in [0.4, 0.5) is 0 Å². The molecule has 2 aliphatic heterocycles. The van der Waals surface area contributed by atoms with Crippen LogP contribution in [0.15, 0.2) is 97.2 Å². The molecule has 2 rings (SSSR count). The van der Waals surface area contributed by atoms with Crippen molar-refractivity contribution in [1.82, 2.24) is 0 Å². The molecular weight excluding hydrogens is 921 g/mol. The van der Waals surface area contributed by atoms with Crippen molar-refractivity contribution in [2.75, 3.05) is 33.0 Å². The third kappa shape index (κ3) is 30.9. The van der Waals surface area contributed by atoms with Crippen molar-refractivity contribution in [2.45, 2.75) is 229 Å². The van der Waals surface area contributed by atoms with Gasteiger partial charge in [0, 0.05) is 13.0 Å². The first kappa shape index (κ1) is 65.0. The molecule has 7 N–H and O–H groups in total. The number of carbonyl (C=O) groups is 1. The van der Waals surface area contributed by atoms with Gasteiger partial charge in [-0.1, -0.05) is 156 Å². The number of aliphatic hydroxyl groups is 7. The molecule has 0 radical (unpaired) electrons. The first-order valence-corrected chi connectivity index (χ1v) is 27.3. The number of esters is 1. The quantitative estimate of drug-likeness (QED) is 0.0173. The highest BCUT2D eigenvalue weighted by Gasteiger charge is 2.47. The molecule has 2 aliphatic rings. The number of allylic oxidation sites excluding steroid dienone is 16. The smallest absolute Gasteiger partial charge is 0.306 e. The van der Waals surface area contributed by atoms with Crippen molar-refractivity contribution in [3.8, 4) is 0 Å². The Morgan fingerprint density at radius 1 is 0.472 bits per heavy atom. The van der Waals surface area contributed by atoms with Gasteiger partial charge in [-0.15, -0.1) is 0 Å². The van der Waals surface area contributed by atoms with Crippen LogP contribution in [0, 0.1) is 0 Å². The lowest BCUT2D eigenvalue weighted by atomic mass is 9.98. The zero-order valence-electron chi connectivity index (χ0n) is 43.9. The molecule has 14 heteroatoms. The SMILES string of the molecule is CC/C=C\C/C=C\C/C=C\C/C=C\C/C=C\C/C=C\C/C=C\CCCCCCOCC(COC1OC(COC2OC(CO)C(O)C(O)C2O)C(O)C(O)C1O)OC(=O)CCCCCCC/C=C\CCCCC. The molecule has 2 saturated heterocycles. The van der Waals surface area contributed by atoms with Gasteiger partial charge in [-0.25, -0.2) is 0 Å². The van der Waals surface area contributed by atoms with E-state index in [1.807, 2.05) is 0 Å². The van der Waals surface area contributed by atoms with E-state index in [4.69, 9.17) is 28.4 Å². The van der Waals surface area contributed by atoms with E-state index in [1.165, 1.54) is 19.3 Å². The summed E-state index contributed by atoms with van der Waals surface area (Å²) in [6.45, 7) is 3.44. The van der Waals surface area contributed by atoms with Crippen molar-refractivity contribution in [2.24, 2.45) is 0 Å². The van der Waals surface area contributed by atoms with E-state index in [1.54, 1.807) is 0 Å². The Balaban J connectivity index is 1.73. The second-order valence-corrected chi connectivity index (χ2v) is 18.7. The second kappa shape index (κ2) is 44.2. The maximum absolute atomic E-state index is 13.0. The van der Waals surface area contributed by atoms with Gasteiger partial charge in [0.15, 0.2) is 12.6 Å². The van der Waals surface area contributed by atoms with Gasteiger partial charge < -0.3 is 64.2 Å². The Morgan fingerprint density at radius 2 is 0.903 bits per heavy atom. The van der Waals surface area contributed by atoms with Crippen molar-refractivity contribution in [3.05, 3.63) is 97.2 Å². The highest BCUT2D eigenvalue weighted by molar-refractivity contribution is 5.69. The summed E-state index contributed by atoms with van der Waals surface area (Å²) in [5.74, 6) is -0.401. The van der Waals surface area contributed by atoms with Gasteiger partial charge in [0.25, 0.3) is 0 Å². The molecule has 2 heterocycles. The van der Waals surface area contributed by atoms with Crippen molar-refractivity contribution in [1.29, 1.82) is 0 Å². The Kier molecular flexibility index (Phi) is 39.9. The van der Waals surface area contributed by atoms with Gasteiger partial charge in [0.05, 0.1) is 26.4 Å². The lowest BCUT2D eigenvalue weighted by Crippen LogP contribution is -2.61. The zero-order valence-corrected chi connectivity index (χ0v) is 43.9. The van der Waals surface area contributed by atoms with Crippen LogP contribution in [0.2, 0.25) is 0 Å². The largest absolute Gasteiger partial charge is 0.457 e. The number of unbranched alkanes of at least 4 members (excludes halogenated alkanes) is 12. The maximum Gasteiger partial charge on any atom is 0.306 e. The predicted molar refractivity (Wildman–Crippen MR) is 284 cm³/mol. The van der Waals surface area contributed by atoms with E-state index in [-0.39, 0.29) is 19.6 Å². The molecule has 0 aliphatic carbocycles. The molecule has 412 valence electrons. The normalized spacial score (nSPS) is 25.9. The van der Waals surface area contributed by atoms with Crippen LogP contribution in [0.5, 0.6) is 0 Å². The van der Waals surface area contributed by atoms with Gasteiger partial charge in [0.1, 0.15) is 54.9 Å². The van der Waals surface area contributed by atoms with Crippen molar-refractivity contribution < 1.29 is 69.0 Å². The van der Waals surface area contributed by atoms with E-state index >= 15 is 0 Å². The zero-order chi connectivity index (χ0) is 52.3. The van der Waals surface area contributed by atoms with Crippen LogP contribution < -0.4 is 0 Å². The minimum absolute atomic E-state index is 0.0344. The van der Waals surface area contributed by atoms with Gasteiger partial charge >= 0.3 is 5.97 Å². The first-order chi connectivity index (χ1) is 35.1. The summed E-state index contributed by atoms with van der Waals surface area (Å²) < 4.78 is 34.2. The lowest BCUT2D eigenvalue weighted by molar-refractivity contribution is -0.332. The third-order valence-corrected chi connectivity index (χ3v) is 12.3. The van der Waals surface area contributed by atoms with E-state index in [9.17, 15) is 40.5 Å². The molecule has 72 heavy (non-hydrogen) atoms. The first-order valence-electron chi connectivity index (χ1n) is 27.3. The summed E-state index contributed by atoms with van der Waals surface area (Å²) in [7, 11) is 0. The summed E-state index contributed by atoms with van der Waals surface area (Å²) >= 11 is 0. The lowest BCUT2D eigenvalue weighted by Gasteiger charge is -2.42. The monoisotopic (exact) mass is 1020 g/mol. The standard InChI is InChI=1S/C58H96O14/c1-3-5-7-9-11-13-15-17-18-19-20-21-22-23-24-25-26-27-28-29-30-32-34-36-38-40-42-67-44-47(70-50(60)41-39-37-35-33-31-16-14-12-10-8-6-4-2)45-68-57-56(66)54(64)52(62)49(72-57)46-69-58-55(65)53(63)51(61)48(43-59)71-58/h5,7,11-14,17-18,20-21,23-24,26-27,29-30,47-49,51-59,61-66H,3-4,6,8-10,15-16,19,22,25,28,31-46H2,1-2H3/b7-5-,13-11-,14-12-,18-17-,21-20-,24-23-,27-26-,30-29-. The van der Waals surface area contributed by atoms with Crippen LogP contribution >= 0.6 is 0 Å². The Labute approximate surface area is 432 Å². The van der Waals surface area contributed by atoms with E-state index in [2.05, 4.69) is 111 Å². The molecular formula is C58H96O14. The fourth-order valence-electron chi connectivity index (χ4n) is 7.90. The summed E-state index contributed by atoms with van der Waals surface area (Å²) in [5, 5.41) is 72.2. The highest BCUT2D eigenvalue weighted by Crippen LogP contribution is 2.26. The second-order valence-electron chi connectivity index (χ2n) is 18.7. The molecule has 0 saturated carbocycles. The molecule has 0 bridgehead atoms. The number of ether oxygens (including phenoxy) is 6. The van der Waals surface area contributed by atoms with Crippen LogP contribution in [0.25, 0.3) is 0 Å². The molecule has 14 nitrogen and oxygen atoms in total. The predicted octanol–water partition coefficient (Wildman–Crippen LogP) is 9.02. The molecule has 0 spiro atoms. The minimum atomic E-state index is -1.72. The Morgan fingerprint density at radius 3 is 1.43 bits per heavy atom. The summed E-state index contributed by atoms with van der Waals surface area (Å²) in [6.07, 6.45) is 41.9. The average molecular weight is 1020 g/mol. The fraction of sp³-hybridized carbons (Fsp3) is 0.707. The third-order valence-electron chi connectivity index (χ3n) is 12.3. The van der Waals surface area contributed by atoms with Gasteiger partial charge in [-0.2, -0.15) is 0 Å². The van der Waals surface area contributed by atoms with Crippen LogP contribution in [-0.4, -0.2) is 142 Å². The number of aliphatic hydroxyl groups excluding tert-OH is 7. The highest BCUT2D eigenvalue weighted by atomic mass is 16.7. The minimum Gasteiger partial charge on any atom is -0.457 e. The molecule has 0 amide bonds. The number of rotatable bonds is 42. The van der Waals surface area contributed by atoms with Gasteiger partial charge in [-0.05, 0) is 96.3 Å². The van der Waals surface area contributed by atoms with Crippen LogP contribution in [0.3, 0.4) is 0 Å². The Hall–Kier alpha value is -3.09. The average Bonchev–Trinajstić information content (AvgIpc) is 3.38. The molecule has 0 aromatic rings. The number of hydrogen-bond donors (Lipinski definition) is 7. The van der Waals surface area contributed by atoms with Crippen molar-refractivity contribution in [3.63, 3.8) is 0 Å². The van der Waals surface area contributed by atoms with Gasteiger partial charge in [-0.3, -0.25) is 4.79 Å².